The Morgan fingerprint density at radius 3 is 2.48 bits per heavy atom. The van der Waals surface area contributed by atoms with E-state index in [2.05, 4.69) is 41.3 Å². The van der Waals surface area contributed by atoms with E-state index >= 15 is 0 Å². The van der Waals surface area contributed by atoms with Crippen molar-refractivity contribution in [2.24, 2.45) is 4.99 Å². The van der Waals surface area contributed by atoms with Crippen molar-refractivity contribution in [3.63, 3.8) is 0 Å². The zero-order valence-electron chi connectivity index (χ0n) is 17.1. The number of hydrogen-bond donors (Lipinski definition) is 2. The molecule has 154 valence electrons. The molecule has 3 rings (SSSR count). The van der Waals surface area contributed by atoms with Gasteiger partial charge in [0.15, 0.2) is 5.96 Å². The molecule has 2 fully saturated rings. The van der Waals surface area contributed by atoms with E-state index < -0.39 is 0 Å². The van der Waals surface area contributed by atoms with Crippen LogP contribution in [0.4, 0.5) is 0 Å². The molecule has 0 radical (unpaired) electrons. The molecule has 0 aromatic carbocycles. The highest BCUT2D eigenvalue weighted by molar-refractivity contribution is 14.0. The average molecular weight is 506 g/mol. The van der Waals surface area contributed by atoms with Gasteiger partial charge in [0.05, 0.1) is 10.7 Å². The van der Waals surface area contributed by atoms with Gasteiger partial charge >= 0.3 is 0 Å². The van der Waals surface area contributed by atoms with E-state index in [1.54, 1.807) is 11.3 Å². The SMILES string of the molecule is CCNC(=NCCc1sc(C)nc1C)NC1CCN(C2CCCC2)CC1.I. The second-order valence-corrected chi connectivity index (χ2v) is 8.93. The highest BCUT2D eigenvalue weighted by Gasteiger charge is 2.27. The van der Waals surface area contributed by atoms with Crippen LogP contribution in [-0.2, 0) is 6.42 Å². The van der Waals surface area contributed by atoms with Gasteiger partial charge in [-0.1, -0.05) is 12.8 Å². The zero-order chi connectivity index (χ0) is 18.4. The Hall–Kier alpha value is -0.410. The smallest absolute Gasteiger partial charge is 0.191 e. The number of nitrogens with zero attached hydrogens (tertiary/aromatic N) is 3. The van der Waals surface area contributed by atoms with Crippen LogP contribution in [0.25, 0.3) is 0 Å². The first-order chi connectivity index (χ1) is 12.7. The summed E-state index contributed by atoms with van der Waals surface area (Å²) in [6, 6.07) is 1.42. The molecule has 5 nitrogen and oxygen atoms in total. The summed E-state index contributed by atoms with van der Waals surface area (Å²) in [6.45, 7) is 10.5. The minimum absolute atomic E-state index is 0. The minimum atomic E-state index is 0. The van der Waals surface area contributed by atoms with E-state index in [0.29, 0.717) is 6.04 Å². The first-order valence-corrected chi connectivity index (χ1v) is 11.2. The zero-order valence-corrected chi connectivity index (χ0v) is 20.2. The second-order valence-electron chi connectivity index (χ2n) is 7.64. The van der Waals surface area contributed by atoms with Crippen LogP contribution in [0.2, 0.25) is 0 Å². The summed E-state index contributed by atoms with van der Waals surface area (Å²) < 4.78 is 0. The molecule has 0 spiro atoms. The lowest BCUT2D eigenvalue weighted by molar-refractivity contribution is 0.150. The van der Waals surface area contributed by atoms with Crippen molar-refractivity contribution in [3.05, 3.63) is 15.6 Å². The number of hydrogen-bond acceptors (Lipinski definition) is 4. The quantitative estimate of drug-likeness (QED) is 0.350. The summed E-state index contributed by atoms with van der Waals surface area (Å²) in [5, 5.41) is 8.24. The molecule has 0 bridgehead atoms. The topological polar surface area (TPSA) is 52.6 Å². The van der Waals surface area contributed by atoms with Crippen molar-refractivity contribution in [3.8, 4) is 0 Å². The number of rotatable bonds is 6. The van der Waals surface area contributed by atoms with Crippen LogP contribution in [0.1, 0.15) is 61.0 Å². The Labute approximate surface area is 185 Å². The number of piperidine rings is 1. The molecule has 1 aromatic heterocycles. The van der Waals surface area contributed by atoms with Crippen molar-refractivity contribution in [1.82, 2.24) is 20.5 Å². The van der Waals surface area contributed by atoms with Gasteiger partial charge in [-0.2, -0.15) is 0 Å². The third kappa shape index (κ3) is 6.85. The van der Waals surface area contributed by atoms with Crippen molar-refractivity contribution >= 4 is 41.3 Å². The number of nitrogens with one attached hydrogen (secondary N) is 2. The van der Waals surface area contributed by atoms with E-state index in [9.17, 15) is 0 Å². The Morgan fingerprint density at radius 1 is 1.19 bits per heavy atom. The summed E-state index contributed by atoms with van der Waals surface area (Å²) in [4.78, 5) is 13.4. The highest BCUT2D eigenvalue weighted by atomic mass is 127. The van der Waals surface area contributed by atoms with Crippen molar-refractivity contribution in [2.75, 3.05) is 26.2 Å². The van der Waals surface area contributed by atoms with Gasteiger partial charge in [0.2, 0.25) is 0 Å². The van der Waals surface area contributed by atoms with E-state index in [1.807, 2.05) is 0 Å². The van der Waals surface area contributed by atoms with Crippen molar-refractivity contribution < 1.29 is 0 Å². The Bertz CT molecular complexity index is 589. The number of aliphatic imine (C=N–C) groups is 1. The third-order valence-corrected chi connectivity index (χ3v) is 6.80. The lowest BCUT2D eigenvalue weighted by atomic mass is 10.0. The van der Waals surface area contributed by atoms with Crippen LogP contribution in [-0.4, -0.2) is 54.1 Å². The second kappa shape index (κ2) is 11.6. The molecule has 7 heteroatoms. The maximum atomic E-state index is 4.81. The minimum Gasteiger partial charge on any atom is -0.357 e. The molecule has 0 unspecified atom stereocenters. The Kier molecular flexibility index (Phi) is 9.79. The first kappa shape index (κ1) is 22.9. The number of likely N-dealkylation sites (tertiary alicyclic amines) is 1. The molecule has 1 aromatic rings. The summed E-state index contributed by atoms with van der Waals surface area (Å²) in [5.74, 6) is 0.978. The predicted molar refractivity (Wildman–Crippen MR) is 127 cm³/mol. The average Bonchev–Trinajstić information content (AvgIpc) is 3.26. The van der Waals surface area contributed by atoms with E-state index in [0.717, 1.165) is 36.5 Å². The van der Waals surface area contributed by atoms with Crippen LogP contribution in [0.5, 0.6) is 0 Å². The molecular weight excluding hydrogens is 469 g/mol. The highest BCUT2D eigenvalue weighted by Crippen LogP contribution is 2.26. The Morgan fingerprint density at radius 2 is 1.89 bits per heavy atom. The molecule has 0 atom stereocenters. The monoisotopic (exact) mass is 505 g/mol. The lowest BCUT2D eigenvalue weighted by Gasteiger charge is -2.36. The number of aromatic nitrogens is 1. The molecule has 1 aliphatic carbocycles. The number of aryl methyl sites for hydroxylation is 2. The van der Waals surface area contributed by atoms with Crippen LogP contribution >= 0.6 is 35.3 Å². The standard InChI is InChI=1S/C20H35N5S.HI/c1-4-21-20(22-12-9-19-15(2)23-16(3)26-19)24-17-10-13-25(14-11-17)18-7-5-6-8-18;/h17-18H,4-14H2,1-3H3,(H2,21,22,24);1H. The van der Waals surface area contributed by atoms with Crippen LogP contribution in [0, 0.1) is 13.8 Å². The number of halogens is 1. The van der Waals surface area contributed by atoms with Crippen LogP contribution in [0.15, 0.2) is 4.99 Å². The summed E-state index contributed by atoms with van der Waals surface area (Å²) in [5.41, 5.74) is 1.17. The molecule has 2 heterocycles. The van der Waals surface area contributed by atoms with Gasteiger partial charge in [0.25, 0.3) is 0 Å². The molecule has 2 aliphatic rings. The normalized spacial score (nSPS) is 19.9. The van der Waals surface area contributed by atoms with Crippen LogP contribution in [0.3, 0.4) is 0 Å². The van der Waals surface area contributed by atoms with Gasteiger partial charge in [-0.25, -0.2) is 4.98 Å². The molecule has 1 aliphatic heterocycles. The largest absolute Gasteiger partial charge is 0.357 e. The summed E-state index contributed by atoms with van der Waals surface area (Å²) in [7, 11) is 0. The van der Waals surface area contributed by atoms with E-state index in [1.165, 1.54) is 62.2 Å². The fourth-order valence-corrected chi connectivity index (χ4v) is 5.19. The van der Waals surface area contributed by atoms with Crippen molar-refractivity contribution in [1.29, 1.82) is 0 Å². The number of guanidine groups is 1. The Balaban J connectivity index is 0.00000261. The van der Waals surface area contributed by atoms with Gasteiger partial charge in [-0.3, -0.25) is 4.99 Å². The molecule has 2 N–H and O–H groups in total. The maximum Gasteiger partial charge on any atom is 0.191 e. The van der Waals surface area contributed by atoms with E-state index in [4.69, 9.17) is 4.99 Å². The third-order valence-electron chi connectivity index (χ3n) is 5.66. The fourth-order valence-electron chi connectivity index (χ4n) is 4.27. The summed E-state index contributed by atoms with van der Waals surface area (Å²) >= 11 is 1.80. The molecular formula is C20H36IN5S. The van der Waals surface area contributed by atoms with Gasteiger partial charge in [0.1, 0.15) is 0 Å². The maximum absolute atomic E-state index is 4.81. The van der Waals surface area contributed by atoms with Gasteiger partial charge in [0, 0.05) is 49.6 Å². The molecule has 1 saturated heterocycles. The van der Waals surface area contributed by atoms with Gasteiger partial charge < -0.3 is 15.5 Å². The van der Waals surface area contributed by atoms with E-state index in [-0.39, 0.29) is 24.0 Å². The van der Waals surface area contributed by atoms with Crippen molar-refractivity contribution in [2.45, 2.75) is 77.8 Å². The van der Waals surface area contributed by atoms with Gasteiger partial charge in [-0.15, -0.1) is 35.3 Å². The van der Waals surface area contributed by atoms with Gasteiger partial charge in [-0.05, 0) is 46.5 Å². The molecule has 1 saturated carbocycles. The predicted octanol–water partition coefficient (Wildman–Crippen LogP) is 3.88. The molecule has 27 heavy (non-hydrogen) atoms. The number of thiazole rings is 1. The molecule has 0 amide bonds. The fraction of sp³-hybridized carbons (Fsp3) is 0.800. The summed E-state index contributed by atoms with van der Waals surface area (Å²) in [6.07, 6.45) is 9.13. The lowest BCUT2D eigenvalue weighted by Crippen LogP contribution is -2.50. The first-order valence-electron chi connectivity index (χ1n) is 10.4. The van der Waals surface area contributed by atoms with Crippen LogP contribution < -0.4 is 10.6 Å².